The molecule has 0 fully saturated rings. The molecule has 0 aromatic rings. The fourth-order valence-electron chi connectivity index (χ4n) is 0.954. The molecule has 0 saturated carbocycles. The Kier molecular flexibility index (Phi) is 4.72. The van der Waals surface area contributed by atoms with Gasteiger partial charge in [-0.3, -0.25) is 4.90 Å². The SMILES string of the molecule is CCN(CC)C(C)NC. The molecule has 56 valence electrons. The van der Waals surface area contributed by atoms with E-state index in [0.717, 1.165) is 13.1 Å². The highest BCUT2D eigenvalue weighted by Gasteiger charge is 2.04. The first-order valence-electron chi connectivity index (χ1n) is 3.67. The van der Waals surface area contributed by atoms with Crippen molar-refractivity contribution in [3.63, 3.8) is 0 Å². The third-order valence-corrected chi connectivity index (χ3v) is 1.78. The Bertz CT molecular complexity index is 59.9. The molecule has 0 aliphatic rings. The molecule has 2 heteroatoms. The molecule has 1 unspecified atom stereocenters. The van der Waals surface area contributed by atoms with Gasteiger partial charge in [-0.2, -0.15) is 0 Å². The summed E-state index contributed by atoms with van der Waals surface area (Å²) in [5.41, 5.74) is 0. The van der Waals surface area contributed by atoms with Gasteiger partial charge >= 0.3 is 0 Å². The molecule has 0 saturated heterocycles. The van der Waals surface area contributed by atoms with Crippen LogP contribution in [0.1, 0.15) is 20.8 Å². The van der Waals surface area contributed by atoms with Crippen LogP contribution in [0.15, 0.2) is 0 Å². The van der Waals surface area contributed by atoms with Gasteiger partial charge in [-0.15, -0.1) is 0 Å². The normalized spacial score (nSPS) is 14.3. The Morgan fingerprint density at radius 3 is 1.89 bits per heavy atom. The van der Waals surface area contributed by atoms with Gasteiger partial charge in [-0.05, 0) is 27.1 Å². The van der Waals surface area contributed by atoms with E-state index in [9.17, 15) is 0 Å². The van der Waals surface area contributed by atoms with Crippen molar-refractivity contribution in [2.45, 2.75) is 26.9 Å². The molecule has 0 bridgehead atoms. The Balaban J connectivity index is 3.50. The van der Waals surface area contributed by atoms with Crippen LogP contribution >= 0.6 is 0 Å². The third-order valence-electron chi connectivity index (χ3n) is 1.78. The maximum absolute atomic E-state index is 3.19. The average Bonchev–Trinajstić information content (AvgIpc) is 1.90. The van der Waals surface area contributed by atoms with Gasteiger partial charge in [0.15, 0.2) is 0 Å². The maximum atomic E-state index is 3.19. The molecule has 0 aromatic carbocycles. The fraction of sp³-hybridized carbons (Fsp3) is 1.00. The molecule has 9 heavy (non-hydrogen) atoms. The van der Waals surface area contributed by atoms with E-state index in [2.05, 4.69) is 31.0 Å². The third kappa shape index (κ3) is 2.82. The van der Waals surface area contributed by atoms with Gasteiger partial charge < -0.3 is 5.32 Å². The second-order valence-corrected chi connectivity index (χ2v) is 2.19. The standard InChI is InChI=1S/C7H18N2/c1-5-9(6-2)7(3)8-4/h7-8H,5-6H2,1-4H3. The van der Waals surface area contributed by atoms with Crippen molar-refractivity contribution in [2.75, 3.05) is 20.1 Å². The number of hydrogen-bond acceptors (Lipinski definition) is 2. The highest BCUT2D eigenvalue weighted by atomic mass is 15.2. The van der Waals surface area contributed by atoms with Gasteiger partial charge in [0, 0.05) is 0 Å². The molecule has 0 spiro atoms. The highest BCUT2D eigenvalue weighted by molar-refractivity contribution is 4.57. The van der Waals surface area contributed by atoms with Crippen LogP contribution in [0.4, 0.5) is 0 Å². The Morgan fingerprint density at radius 2 is 1.78 bits per heavy atom. The van der Waals surface area contributed by atoms with Crippen LogP contribution in [0, 0.1) is 0 Å². The maximum Gasteiger partial charge on any atom is 0.0565 e. The van der Waals surface area contributed by atoms with Gasteiger partial charge in [-0.1, -0.05) is 13.8 Å². The van der Waals surface area contributed by atoms with E-state index < -0.39 is 0 Å². The summed E-state index contributed by atoms with van der Waals surface area (Å²) in [4.78, 5) is 2.36. The van der Waals surface area contributed by atoms with E-state index in [1.54, 1.807) is 0 Å². The molecule has 0 radical (unpaired) electrons. The monoisotopic (exact) mass is 130 g/mol. The molecule has 0 heterocycles. The summed E-state index contributed by atoms with van der Waals surface area (Å²) in [7, 11) is 1.99. The summed E-state index contributed by atoms with van der Waals surface area (Å²) in [6.45, 7) is 8.78. The second kappa shape index (κ2) is 4.77. The van der Waals surface area contributed by atoms with Crippen molar-refractivity contribution in [1.82, 2.24) is 10.2 Å². The number of nitrogens with zero attached hydrogens (tertiary/aromatic N) is 1. The minimum Gasteiger partial charge on any atom is -0.305 e. The first-order chi connectivity index (χ1) is 4.26. The van der Waals surface area contributed by atoms with Crippen LogP contribution in [-0.4, -0.2) is 31.2 Å². The Labute approximate surface area is 58.2 Å². The second-order valence-electron chi connectivity index (χ2n) is 2.19. The van der Waals surface area contributed by atoms with Crippen LogP contribution < -0.4 is 5.32 Å². The molecule has 0 aliphatic carbocycles. The van der Waals surface area contributed by atoms with Crippen LogP contribution in [0.3, 0.4) is 0 Å². The van der Waals surface area contributed by atoms with Gasteiger partial charge in [0.25, 0.3) is 0 Å². The zero-order chi connectivity index (χ0) is 7.28. The molecule has 0 amide bonds. The summed E-state index contributed by atoms with van der Waals surface area (Å²) in [6.07, 6.45) is 0.514. The van der Waals surface area contributed by atoms with E-state index >= 15 is 0 Å². The lowest BCUT2D eigenvalue weighted by Gasteiger charge is -2.25. The van der Waals surface area contributed by atoms with E-state index in [1.165, 1.54) is 0 Å². The van der Waals surface area contributed by atoms with Crippen LogP contribution in [0.2, 0.25) is 0 Å². The summed E-state index contributed by atoms with van der Waals surface area (Å²) in [5.74, 6) is 0. The molecular formula is C7H18N2. The van der Waals surface area contributed by atoms with Crippen molar-refractivity contribution >= 4 is 0 Å². The number of nitrogens with one attached hydrogen (secondary N) is 1. The molecule has 1 atom stereocenters. The van der Waals surface area contributed by atoms with E-state index in [-0.39, 0.29) is 0 Å². The van der Waals surface area contributed by atoms with E-state index in [1.807, 2.05) is 7.05 Å². The molecule has 0 aliphatic heterocycles. The van der Waals surface area contributed by atoms with Crippen LogP contribution in [0.5, 0.6) is 0 Å². The van der Waals surface area contributed by atoms with Crippen molar-refractivity contribution in [2.24, 2.45) is 0 Å². The lowest BCUT2D eigenvalue weighted by molar-refractivity contribution is 0.206. The highest BCUT2D eigenvalue weighted by Crippen LogP contribution is 1.91. The Hall–Kier alpha value is -0.0800. The predicted molar refractivity (Wildman–Crippen MR) is 41.4 cm³/mol. The first-order valence-corrected chi connectivity index (χ1v) is 3.67. The van der Waals surface area contributed by atoms with Crippen molar-refractivity contribution in [1.29, 1.82) is 0 Å². The summed E-state index contributed by atoms with van der Waals surface area (Å²) < 4.78 is 0. The predicted octanol–water partition coefficient (Wildman–Crippen LogP) is 0.894. The average molecular weight is 130 g/mol. The lowest BCUT2D eigenvalue weighted by atomic mass is 10.4. The van der Waals surface area contributed by atoms with Crippen LogP contribution in [-0.2, 0) is 0 Å². The molecule has 1 N–H and O–H groups in total. The zero-order valence-electron chi connectivity index (χ0n) is 6.94. The topological polar surface area (TPSA) is 15.3 Å². The van der Waals surface area contributed by atoms with Crippen molar-refractivity contribution < 1.29 is 0 Å². The number of hydrogen-bond donors (Lipinski definition) is 1. The van der Waals surface area contributed by atoms with Gasteiger partial charge in [0.05, 0.1) is 6.17 Å². The van der Waals surface area contributed by atoms with Gasteiger partial charge in [0.1, 0.15) is 0 Å². The summed E-state index contributed by atoms with van der Waals surface area (Å²) in [6, 6.07) is 0. The molecule has 2 nitrogen and oxygen atoms in total. The Morgan fingerprint density at radius 1 is 1.33 bits per heavy atom. The van der Waals surface area contributed by atoms with Gasteiger partial charge in [0.2, 0.25) is 0 Å². The summed E-state index contributed by atoms with van der Waals surface area (Å²) in [5, 5.41) is 3.19. The number of rotatable bonds is 4. The van der Waals surface area contributed by atoms with Gasteiger partial charge in [-0.25, -0.2) is 0 Å². The first kappa shape index (κ1) is 8.92. The lowest BCUT2D eigenvalue weighted by Crippen LogP contribution is -2.41. The largest absolute Gasteiger partial charge is 0.305 e. The van der Waals surface area contributed by atoms with E-state index in [0.29, 0.717) is 6.17 Å². The van der Waals surface area contributed by atoms with Crippen molar-refractivity contribution in [3.05, 3.63) is 0 Å². The van der Waals surface area contributed by atoms with Crippen LogP contribution in [0.25, 0.3) is 0 Å². The molecule has 0 rings (SSSR count). The smallest absolute Gasteiger partial charge is 0.0565 e. The summed E-state index contributed by atoms with van der Waals surface area (Å²) >= 11 is 0. The van der Waals surface area contributed by atoms with E-state index in [4.69, 9.17) is 0 Å². The zero-order valence-corrected chi connectivity index (χ0v) is 6.94. The minimum atomic E-state index is 0.514. The fourth-order valence-corrected chi connectivity index (χ4v) is 0.954. The molecular weight excluding hydrogens is 112 g/mol. The quantitative estimate of drug-likeness (QED) is 0.569. The minimum absolute atomic E-state index is 0.514. The van der Waals surface area contributed by atoms with Crippen molar-refractivity contribution in [3.8, 4) is 0 Å². The molecule has 0 aromatic heterocycles.